The summed E-state index contributed by atoms with van der Waals surface area (Å²) >= 11 is 7.10. The van der Waals surface area contributed by atoms with Crippen LogP contribution < -0.4 is 9.14 Å². The number of thiazole rings is 1. The molecule has 0 bridgehead atoms. The van der Waals surface area contributed by atoms with E-state index in [9.17, 15) is 12.8 Å². The molecule has 0 amide bonds. The summed E-state index contributed by atoms with van der Waals surface area (Å²) < 4.78 is 40.2. The van der Waals surface area contributed by atoms with Crippen LogP contribution in [-0.2, 0) is 10.0 Å². The number of rotatable bonds is 6. The summed E-state index contributed by atoms with van der Waals surface area (Å²) in [5.74, 6) is -0.794. The maximum absolute atomic E-state index is 14.6. The Morgan fingerprint density at radius 3 is 2.70 bits per heavy atom. The van der Waals surface area contributed by atoms with Gasteiger partial charge in [-0.1, -0.05) is 0 Å². The predicted octanol–water partition coefficient (Wildman–Crippen LogP) is 3.67. The first kappa shape index (κ1) is 18.9. The number of benzene rings is 1. The van der Waals surface area contributed by atoms with Crippen molar-refractivity contribution < 1.29 is 12.8 Å². The second-order valence-electron chi connectivity index (χ2n) is 6.98. The molecule has 2 fully saturated rings. The van der Waals surface area contributed by atoms with Gasteiger partial charge in [-0.05, 0) is 57.0 Å². The van der Waals surface area contributed by atoms with E-state index in [1.165, 1.54) is 47.2 Å². The Labute approximate surface area is 167 Å². The fourth-order valence-corrected chi connectivity index (χ4v) is 6.12. The molecule has 6 nitrogen and oxygen atoms in total. The van der Waals surface area contributed by atoms with Crippen LogP contribution in [0.2, 0.25) is 0 Å². The molecule has 0 atom stereocenters. The topological polar surface area (TPSA) is 65.5 Å². The van der Waals surface area contributed by atoms with Gasteiger partial charge in [-0.3, -0.25) is 4.90 Å². The van der Waals surface area contributed by atoms with Gasteiger partial charge in [0.25, 0.3) is 10.0 Å². The van der Waals surface area contributed by atoms with Gasteiger partial charge in [0.1, 0.15) is 10.7 Å². The van der Waals surface area contributed by atoms with E-state index in [1.54, 1.807) is 6.07 Å². The largest absolute Gasteiger partial charge is 0.383 e. The van der Waals surface area contributed by atoms with Gasteiger partial charge in [0.2, 0.25) is 0 Å². The zero-order valence-corrected chi connectivity index (χ0v) is 17.0. The second-order valence-corrected chi connectivity index (χ2v) is 10.00. The molecule has 1 N–H and O–H groups in total. The van der Waals surface area contributed by atoms with Crippen molar-refractivity contribution in [1.29, 1.82) is 0 Å². The van der Waals surface area contributed by atoms with Crippen molar-refractivity contribution in [3.8, 4) is 0 Å². The second kappa shape index (κ2) is 7.20. The van der Waals surface area contributed by atoms with Crippen LogP contribution in [0.25, 0.3) is 0 Å². The monoisotopic (exact) mass is 430 g/mol. The lowest BCUT2D eigenvalue weighted by Gasteiger charge is -2.32. The van der Waals surface area contributed by atoms with E-state index in [1.807, 2.05) is 0 Å². The van der Waals surface area contributed by atoms with E-state index in [0.29, 0.717) is 9.51 Å². The molecule has 27 heavy (non-hydrogen) atoms. The normalized spacial score (nSPS) is 19.2. The molecular weight excluding hydrogens is 411 g/mol. The van der Waals surface area contributed by atoms with E-state index in [0.717, 1.165) is 32.5 Å². The van der Waals surface area contributed by atoms with Crippen LogP contribution in [0, 0.1) is 5.82 Å². The zero-order chi connectivity index (χ0) is 19.1. The van der Waals surface area contributed by atoms with Crippen molar-refractivity contribution in [1.82, 2.24) is 9.88 Å². The molecule has 0 unspecified atom stereocenters. The maximum atomic E-state index is 14.6. The Morgan fingerprint density at radius 2 is 2.07 bits per heavy atom. The summed E-state index contributed by atoms with van der Waals surface area (Å²) in [5.41, 5.74) is 2.17. The van der Waals surface area contributed by atoms with Crippen molar-refractivity contribution in [3.63, 3.8) is 0 Å². The molecule has 3 heterocycles. The van der Waals surface area contributed by atoms with Crippen molar-refractivity contribution in [2.75, 3.05) is 28.8 Å². The highest BCUT2D eigenvalue weighted by Crippen LogP contribution is 2.39. The van der Waals surface area contributed by atoms with Crippen LogP contribution in [0.5, 0.6) is 0 Å². The summed E-state index contributed by atoms with van der Waals surface area (Å²) in [6, 6.07) is 4.03. The molecule has 2 aliphatic heterocycles. The molecule has 0 spiro atoms. The standard InChI is InChI=1S/C17H20ClFN4O2S2/c18-23(16-10-26-12-21-16)27(24,25)15-4-3-13(9-14(15)19)20-11-17-5-1-7-22(17)8-2-6-17/h3-4,9-10,12,20H,1-2,5-8,11H2. The van der Waals surface area contributed by atoms with E-state index in [-0.39, 0.29) is 11.4 Å². The molecule has 146 valence electrons. The Morgan fingerprint density at radius 1 is 1.33 bits per heavy atom. The van der Waals surface area contributed by atoms with Gasteiger partial charge < -0.3 is 5.32 Å². The number of nitrogens with zero attached hydrogens (tertiary/aromatic N) is 3. The molecule has 4 rings (SSSR count). The molecule has 2 aliphatic rings. The number of halogens is 2. The molecule has 0 saturated carbocycles. The van der Waals surface area contributed by atoms with Crippen molar-refractivity contribution in [2.24, 2.45) is 0 Å². The highest BCUT2D eigenvalue weighted by molar-refractivity contribution is 7.94. The smallest absolute Gasteiger partial charge is 0.282 e. The van der Waals surface area contributed by atoms with Gasteiger partial charge in [-0.2, -0.15) is 12.2 Å². The highest BCUT2D eigenvalue weighted by atomic mass is 35.5. The Balaban J connectivity index is 1.51. The molecule has 10 heteroatoms. The van der Waals surface area contributed by atoms with Gasteiger partial charge in [0.05, 0.1) is 5.51 Å². The van der Waals surface area contributed by atoms with E-state index in [2.05, 4.69) is 15.2 Å². The first-order valence-corrected chi connectivity index (χ1v) is 11.5. The Kier molecular flexibility index (Phi) is 5.04. The number of anilines is 2. The van der Waals surface area contributed by atoms with Crippen LogP contribution >= 0.6 is 23.1 Å². The third-order valence-electron chi connectivity index (χ3n) is 5.45. The van der Waals surface area contributed by atoms with Crippen LogP contribution in [-0.4, -0.2) is 43.5 Å². The summed E-state index contributed by atoms with van der Waals surface area (Å²) in [6.45, 7) is 2.98. The summed E-state index contributed by atoms with van der Waals surface area (Å²) in [5, 5.41) is 4.77. The summed E-state index contributed by atoms with van der Waals surface area (Å²) in [7, 11) is -4.22. The summed E-state index contributed by atoms with van der Waals surface area (Å²) in [6.07, 6.45) is 4.67. The van der Waals surface area contributed by atoms with E-state index < -0.39 is 20.7 Å². The number of aromatic nitrogens is 1. The molecular formula is C17H20ClFN4O2S2. The molecule has 2 saturated heterocycles. The van der Waals surface area contributed by atoms with Gasteiger partial charge in [0.15, 0.2) is 5.82 Å². The molecule has 2 aromatic rings. The zero-order valence-electron chi connectivity index (χ0n) is 14.6. The number of hydrogen-bond donors (Lipinski definition) is 1. The fraction of sp³-hybridized carbons (Fsp3) is 0.471. The highest BCUT2D eigenvalue weighted by Gasteiger charge is 2.43. The minimum absolute atomic E-state index is 0.0462. The first-order chi connectivity index (χ1) is 12.9. The van der Waals surface area contributed by atoms with Crippen molar-refractivity contribution >= 4 is 44.6 Å². The number of fused-ring (bicyclic) bond motifs is 1. The van der Waals surface area contributed by atoms with E-state index in [4.69, 9.17) is 11.8 Å². The average Bonchev–Trinajstić information content (AvgIpc) is 3.36. The van der Waals surface area contributed by atoms with Crippen LogP contribution in [0.1, 0.15) is 25.7 Å². The molecule has 1 aromatic carbocycles. The number of sulfonamides is 1. The molecule has 0 radical (unpaired) electrons. The Hall–Kier alpha value is -1.42. The molecule has 0 aliphatic carbocycles. The summed E-state index contributed by atoms with van der Waals surface area (Å²) in [4.78, 5) is 5.89. The Bertz CT molecular complexity index is 913. The minimum Gasteiger partial charge on any atom is -0.383 e. The van der Waals surface area contributed by atoms with Crippen LogP contribution in [0.15, 0.2) is 34.0 Å². The third-order valence-corrected chi connectivity index (χ3v) is 8.24. The molecule has 1 aromatic heterocycles. The van der Waals surface area contributed by atoms with Crippen LogP contribution in [0.3, 0.4) is 0 Å². The SMILES string of the molecule is O=S(=O)(c1ccc(NCC23CCCN2CCC3)cc1F)N(Cl)c1cscn1. The number of hydrogen-bond acceptors (Lipinski definition) is 6. The van der Waals surface area contributed by atoms with Gasteiger partial charge in [-0.15, -0.1) is 11.3 Å². The third kappa shape index (κ3) is 3.41. The minimum atomic E-state index is -4.22. The number of nitrogens with one attached hydrogen (secondary N) is 1. The van der Waals surface area contributed by atoms with Crippen molar-refractivity contribution in [2.45, 2.75) is 36.1 Å². The van der Waals surface area contributed by atoms with Gasteiger partial charge >= 0.3 is 0 Å². The fourth-order valence-electron chi connectivity index (χ4n) is 4.10. The average molecular weight is 431 g/mol. The van der Waals surface area contributed by atoms with Crippen molar-refractivity contribution in [3.05, 3.63) is 34.9 Å². The maximum Gasteiger partial charge on any atom is 0.282 e. The lowest BCUT2D eigenvalue weighted by molar-refractivity contribution is 0.209. The van der Waals surface area contributed by atoms with E-state index >= 15 is 0 Å². The lowest BCUT2D eigenvalue weighted by atomic mass is 9.94. The lowest BCUT2D eigenvalue weighted by Crippen LogP contribution is -2.44. The predicted molar refractivity (Wildman–Crippen MR) is 105 cm³/mol. The quantitative estimate of drug-likeness (QED) is 0.708. The van der Waals surface area contributed by atoms with Crippen LogP contribution in [0.4, 0.5) is 15.9 Å². The van der Waals surface area contributed by atoms with Gasteiger partial charge in [-0.25, -0.2) is 9.37 Å². The first-order valence-electron chi connectivity index (χ1n) is 8.80. The van der Waals surface area contributed by atoms with Gasteiger partial charge in [0, 0.05) is 34.9 Å².